The van der Waals surface area contributed by atoms with Gasteiger partial charge in [-0.1, -0.05) is 19.7 Å². The lowest BCUT2D eigenvalue weighted by molar-refractivity contribution is -0.687. The van der Waals surface area contributed by atoms with Gasteiger partial charge in [-0.25, -0.2) is 18.7 Å². The molecule has 0 spiro atoms. The van der Waals surface area contributed by atoms with Gasteiger partial charge in [0.05, 0.1) is 11.4 Å². The van der Waals surface area contributed by atoms with Gasteiger partial charge in [0.25, 0.3) is 0 Å². The summed E-state index contributed by atoms with van der Waals surface area (Å²) in [4.78, 5) is 5.02. The number of pyridine rings is 4. The SMILES string of the molecule is C=CC[n+]1ccc(-c2cc(-c3cc[n+](CC=C)cc3)nc(-c3cc[n+](CC=C)cc3)c2)cc1.[Br-].[Br-].[Br-]. The van der Waals surface area contributed by atoms with Gasteiger partial charge in [0.15, 0.2) is 56.8 Å². The van der Waals surface area contributed by atoms with Gasteiger partial charge in [-0.15, -0.1) is 0 Å². The number of halogens is 3. The van der Waals surface area contributed by atoms with Crippen LogP contribution in [0.15, 0.2) is 124 Å². The van der Waals surface area contributed by atoms with Crippen molar-refractivity contribution in [2.45, 2.75) is 19.6 Å². The van der Waals surface area contributed by atoms with Crippen molar-refractivity contribution in [3.8, 4) is 33.6 Å². The summed E-state index contributed by atoms with van der Waals surface area (Å²) in [5.41, 5.74) is 6.32. The van der Waals surface area contributed by atoms with Crippen LogP contribution in [0, 0.1) is 0 Å². The average molecular weight is 673 g/mol. The van der Waals surface area contributed by atoms with Gasteiger partial charge in [-0.3, -0.25) is 0 Å². The zero-order chi connectivity index (χ0) is 23.0. The maximum absolute atomic E-state index is 5.02. The normalized spacial score (nSPS) is 9.67. The van der Waals surface area contributed by atoms with Crippen LogP contribution in [0.5, 0.6) is 0 Å². The van der Waals surface area contributed by atoms with Crippen LogP contribution in [0.2, 0.25) is 0 Å². The minimum atomic E-state index is 0. The molecule has 36 heavy (non-hydrogen) atoms. The first-order valence-electron chi connectivity index (χ1n) is 11.0. The van der Waals surface area contributed by atoms with Crippen LogP contribution in [-0.2, 0) is 19.6 Å². The van der Waals surface area contributed by atoms with E-state index >= 15 is 0 Å². The van der Waals surface area contributed by atoms with E-state index < -0.39 is 0 Å². The molecule has 0 saturated carbocycles. The van der Waals surface area contributed by atoms with Gasteiger partial charge in [0.2, 0.25) is 0 Å². The minimum absolute atomic E-state index is 0. The first kappa shape index (κ1) is 31.3. The topological polar surface area (TPSA) is 24.5 Å². The molecule has 0 unspecified atom stereocenters. The van der Waals surface area contributed by atoms with Gasteiger partial charge in [0, 0.05) is 47.5 Å². The number of hydrogen-bond donors (Lipinski definition) is 0. The molecule has 0 aliphatic heterocycles. The lowest BCUT2D eigenvalue weighted by Gasteiger charge is -2.09. The summed E-state index contributed by atoms with van der Waals surface area (Å²) in [5, 5.41) is 0. The molecule has 0 atom stereocenters. The molecule has 4 rings (SSSR count). The molecule has 0 aromatic carbocycles. The Morgan fingerprint density at radius 2 is 0.806 bits per heavy atom. The predicted molar refractivity (Wildman–Crippen MR) is 132 cm³/mol. The van der Waals surface area contributed by atoms with E-state index in [4.69, 9.17) is 4.98 Å². The van der Waals surface area contributed by atoms with Crippen molar-refractivity contribution in [1.29, 1.82) is 0 Å². The van der Waals surface area contributed by atoms with E-state index in [0.717, 1.165) is 53.3 Å². The van der Waals surface area contributed by atoms with Crippen LogP contribution < -0.4 is 64.6 Å². The second-order valence-electron chi connectivity index (χ2n) is 7.84. The van der Waals surface area contributed by atoms with E-state index in [9.17, 15) is 0 Å². The summed E-state index contributed by atoms with van der Waals surface area (Å²) >= 11 is 0. The summed E-state index contributed by atoms with van der Waals surface area (Å²) in [5.74, 6) is 0. The van der Waals surface area contributed by atoms with Crippen molar-refractivity contribution in [1.82, 2.24) is 4.98 Å². The molecule has 0 aliphatic carbocycles. The molecule has 0 amide bonds. The van der Waals surface area contributed by atoms with Crippen LogP contribution in [-0.4, -0.2) is 4.98 Å². The summed E-state index contributed by atoms with van der Waals surface area (Å²) in [6, 6.07) is 17.0. The molecule has 4 nitrogen and oxygen atoms in total. The van der Waals surface area contributed by atoms with Gasteiger partial charge in [-0.2, -0.15) is 0 Å². The fourth-order valence-corrected chi connectivity index (χ4v) is 3.71. The highest BCUT2D eigenvalue weighted by molar-refractivity contribution is 5.75. The highest BCUT2D eigenvalue weighted by Gasteiger charge is 2.12. The Hall–Kier alpha value is -2.74. The number of rotatable bonds is 9. The van der Waals surface area contributed by atoms with Crippen LogP contribution in [0.25, 0.3) is 33.6 Å². The minimum Gasteiger partial charge on any atom is -1.00 e. The Labute approximate surface area is 245 Å². The molecular weight excluding hydrogens is 644 g/mol. The molecule has 4 aromatic heterocycles. The van der Waals surface area contributed by atoms with Gasteiger partial charge < -0.3 is 50.9 Å². The van der Waals surface area contributed by atoms with Gasteiger partial charge in [0.1, 0.15) is 0 Å². The van der Waals surface area contributed by atoms with E-state index in [1.54, 1.807) is 0 Å². The molecule has 0 fully saturated rings. The molecule has 0 saturated heterocycles. The molecule has 0 aliphatic rings. The fraction of sp³-hybridized carbons (Fsp3) is 0.103. The third-order valence-corrected chi connectivity index (χ3v) is 5.44. The van der Waals surface area contributed by atoms with Crippen LogP contribution in [0.1, 0.15) is 0 Å². The first-order chi connectivity index (χ1) is 16.2. The summed E-state index contributed by atoms with van der Waals surface area (Å²) in [6.45, 7) is 13.8. The number of hydrogen-bond acceptors (Lipinski definition) is 1. The average Bonchev–Trinajstić information content (AvgIpc) is 2.86. The summed E-state index contributed by atoms with van der Waals surface area (Å²) < 4.78 is 6.28. The van der Waals surface area contributed by atoms with E-state index in [1.807, 2.05) is 18.2 Å². The van der Waals surface area contributed by atoms with Gasteiger partial charge >= 0.3 is 0 Å². The van der Waals surface area contributed by atoms with Gasteiger partial charge in [-0.05, 0) is 41.5 Å². The van der Waals surface area contributed by atoms with E-state index in [0.29, 0.717) is 0 Å². The molecule has 186 valence electrons. The third kappa shape index (κ3) is 7.88. The number of allylic oxidation sites excluding steroid dienone is 3. The van der Waals surface area contributed by atoms with E-state index in [2.05, 4.69) is 119 Å². The van der Waals surface area contributed by atoms with E-state index in [-0.39, 0.29) is 50.9 Å². The highest BCUT2D eigenvalue weighted by Crippen LogP contribution is 2.29. The Morgan fingerprint density at radius 3 is 1.11 bits per heavy atom. The fourth-order valence-electron chi connectivity index (χ4n) is 3.71. The molecule has 0 N–H and O–H groups in total. The quantitative estimate of drug-likeness (QED) is 0.130. The van der Waals surface area contributed by atoms with Crippen LogP contribution >= 0.6 is 0 Å². The Balaban J connectivity index is 0.00000216. The predicted octanol–water partition coefficient (Wildman–Crippen LogP) is -4.48. The van der Waals surface area contributed by atoms with E-state index in [1.165, 1.54) is 0 Å². The summed E-state index contributed by atoms with van der Waals surface area (Å²) in [6.07, 6.45) is 18.1. The third-order valence-electron chi connectivity index (χ3n) is 5.44. The Morgan fingerprint density at radius 1 is 0.500 bits per heavy atom. The van der Waals surface area contributed by atoms with Crippen LogP contribution in [0.4, 0.5) is 0 Å². The number of nitrogens with zero attached hydrogens (tertiary/aromatic N) is 4. The molecule has 4 heterocycles. The first-order valence-corrected chi connectivity index (χ1v) is 11.0. The van der Waals surface area contributed by atoms with Crippen molar-refractivity contribution in [2.75, 3.05) is 0 Å². The van der Waals surface area contributed by atoms with Crippen LogP contribution in [0.3, 0.4) is 0 Å². The number of aromatic nitrogens is 4. The monoisotopic (exact) mass is 670 g/mol. The smallest absolute Gasteiger partial charge is 0.169 e. The Bertz CT molecular complexity index is 1100. The lowest BCUT2D eigenvalue weighted by Crippen LogP contribution is -3.00. The maximum Gasteiger partial charge on any atom is 0.169 e. The van der Waals surface area contributed by atoms with Crippen molar-refractivity contribution in [3.05, 3.63) is 124 Å². The Kier molecular flexibility index (Phi) is 13.4. The molecule has 0 radical (unpaired) electrons. The second kappa shape index (κ2) is 15.4. The summed E-state index contributed by atoms with van der Waals surface area (Å²) in [7, 11) is 0. The maximum atomic E-state index is 5.02. The standard InChI is InChI=1S/C29H29N4.3BrH/c1-4-13-31-16-7-24(8-17-31)27-22-28(25-9-18-32(14-5-2)19-10-25)30-29(23-27)26-11-20-33(15-6-3)21-12-26;;;/h4-12,16-23H,1-3,13-15H2;3*1H/q+3;;;/p-3. The zero-order valence-electron chi connectivity index (χ0n) is 20.0. The van der Waals surface area contributed by atoms with Crippen molar-refractivity contribution in [3.63, 3.8) is 0 Å². The highest BCUT2D eigenvalue weighted by atomic mass is 79.9. The van der Waals surface area contributed by atoms with Crippen molar-refractivity contribution in [2.24, 2.45) is 0 Å². The van der Waals surface area contributed by atoms with Crippen molar-refractivity contribution >= 4 is 0 Å². The largest absolute Gasteiger partial charge is 1.00 e. The molecule has 4 aromatic rings. The lowest BCUT2D eigenvalue weighted by atomic mass is 10.0. The zero-order valence-corrected chi connectivity index (χ0v) is 24.7. The van der Waals surface area contributed by atoms with Crippen molar-refractivity contribution < 1.29 is 64.6 Å². The second-order valence-corrected chi connectivity index (χ2v) is 7.84. The molecular formula is C29H29Br3N4. The molecule has 0 bridgehead atoms. The molecule has 7 heteroatoms.